The Balaban J connectivity index is 0.00000225. The average molecular weight is 478 g/mol. The third-order valence-electron chi connectivity index (χ3n) is 4.83. The zero-order chi connectivity index (χ0) is 19.8. The van der Waals surface area contributed by atoms with Crippen LogP contribution in [0, 0.1) is 6.92 Å². The van der Waals surface area contributed by atoms with Gasteiger partial charge in [0.05, 0.1) is 25.3 Å². The van der Waals surface area contributed by atoms with E-state index in [0.717, 1.165) is 57.1 Å². The number of hydrogen-bond acceptors (Lipinski definition) is 5. The van der Waals surface area contributed by atoms with Crippen molar-refractivity contribution in [3.8, 4) is 11.5 Å². The van der Waals surface area contributed by atoms with E-state index in [1.54, 1.807) is 7.11 Å². The van der Waals surface area contributed by atoms with Gasteiger partial charge in [-0.05, 0) is 30.2 Å². The summed E-state index contributed by atoms with van der Waals surface area (Å²) in [4.78, 5) is 2.41. The monoisotopic (exact) mass is 476 g/mol. The Morgan fingerprint density at radius 3 is 2.43 bits per heavy atom. The molecule has 2 aromatic carbocycles. The van der Waals surface area contributed by atoms with Crippen LogP contribution in [-0.4, -0.2) is 51.4 Å². The Kier molecular flexibility index (Phi) is 12.5. The first kappa shape index (κ1) is 26.8. The van der Waals surface area contributed by atoms with Gasteiger partial charge in [-0.1, -0.05) is 41.4 Å². The number of aryl methyl sites for hydroxylation is 1. The normalized spacial score (nSPS) is 13.8. The van der Waals surface area contributed by atoms with Crippen molar-refractivity contribution in [3.05, 3.63) is 58.1 Å². The molecular weight excluding hydrogens is 447 g/mol. The molecule has 0 spiro atoms. The van der Waals surface area contributed by atoms with Crippen LogP contribution in [0.4, 0.5) is 0 Å². The molecule has 1 aliphatic heterocycles. The van der Waals surface area contributed by atoms with Crippen LogP contribution in [0.2, 0.25) is 5.02 Å². The lowest BCUT2D eigenvalue weighted by molar-refractivity contribution is 0.0384. The number of hydrogen-bond donors (Lipinski definition) is 1. The Bertz CT molecular complexity index is 754. The van der Waals surface area contributed by atoms with Gasteiger partial charge in [-0.2, -0.15) is 0 Å². The SMILES string of the molecule is COc1cc(CNCCN2CCOCC2)cc(Cl)c1OCc1ccc(C)cc1.Cl.Cl. The molecule has 1 saturated heterocycles. The second-order valence-electron chi connectivity index (χ2n) is 7.01. The lowest BCUT2D eigenvalue weighted by Crippen LogP contribution is -2.40. The van der Waals surface area contributed by atoms with Crippen molar-refractivity contribution in [1.29, 1.82) is 0 Å². The van der Waals surface area contributed by atoms with Crippen LogP contribution in [-0.2, 0) is 17.9 Å². The summed E-state index contributed by atoms with van der Waals surface area (Å²) in [5, 5.41) is 4.04. The highest BCUT2D eigenvalue weighted by atomic mass is 35.5. The van der Waals surface area contributed by atoms with E-state index in [4.69, 9.17) is 25.8 Å². The molecule has 2 aromatic rings. The Labute approximate surface area is 196 Å². The number of nitrogens with zero attached hydrogens (tertiary/aromatic N) is 1. The molecule has 0 bridgehead atoms. The summed E-state index contributed by atoms with van der Waals surface area (Å²) >= 11 is 6.48. The molecule has 8 heteroatoms. The highest BCUT2D eigenvalue weighted by Gasteiger charge is 2.13. The smallest absolute Gasteiger partial charge is 0.180 e. The van der Waals surface area contributed by atoms with Crippen LogP contribution >= 0.6 is 36.4 Å². The van der Waals surface area contributed by atoms with E-state index in [1.165, 1.54) is 5.56 Å². The molecule has 0 radical (unpaired) electrons. The van der Waals surface area contributed by atoms with Gasteiger partial charge in [0.15, 0.2) is 11.5 Å². The summed E-state index contributed by atoms with van der Waals surface area (Å²) < 4.78 is 16.8. The Hall–Kier alpha value is -1.21. The largest absolute Gasteiger partial charge is 0.493 e. The van der Waals surface area contributed by atoms with Crippen LogP contribution < -0.4 is 14.8 Å². The lowest BCUT2D eigenvalue weighted by atomic mass is 10.1. The fourth-order valence-electron chi connectivity index (χ4n) is 3.15. The first-order valence-electron chi connectivity index (χ1n) is 9.71. The summed E-state index contributed by atoms with van der Waals surface area (Å²) in [5.74, 6) is 1.24. The molecule has 3 rings (SSSR count). The highest BCUT2D eigenvalue weighted by molar-refractivity contribution is 6.32. The van der Waals surface area contributed by atoms with Gasteiger partial charge in [0, 0.05) is 32.7 Å². The standard InChI is InChI=1S/C22H29ClN2O3.2ClH/c1-17-3-5-18(6-4-17)16-28-22-20(23)13-19(14-21(22)26-2)15-24-7-8-25-9-11-27-12-10-25;;/h3-6,13-14,24H,7-12,15-16H2,1-2H3;2*1H. The Morgan fingerprint density at radius 2 is 1.77 bits per heavy atom. The van der Waals surface area contributed by atoms with Gasteiger partial charge in [0.25, 0.3) is 0 Å². The molecule has 168 valence electrons. The minimum absolute atomic E-state index is 0. The zero-order valence-electron chi connectivity index (χ0n) is 17.5. The zero-order valence-corrected chi connectivity index (χ0v) is 19.9. The molecule has 0 saturated carbocycles. The summed E-state index contributed by atoms with van der Waals surface area (Å²) in [6, 6.07) is 12.2. The molecule has 1 N–H and O–H groups in total. The molecule has 0 aliphatic carbocycles. The Morgan fingerprint density at radius 1 is 1.07 bits per heavy atom. The number of rotatable bonds is 9. The van der Waals surface area contributed by atoms with Gasteiger partial charge in [0.1, 0.15) is 6.61 Å². The van der Waals surface area contributed by atoms with Crippen molar-refractivity contribution in [2.45, 2.75) is 20.1 Å². The maximum atomic E-state index is 6.48. The number of methoxy groups -OCH3 is 1. The summed E-state index contributed by atoms with van der Waals surface area (Å²) in [6.45, 7) is 8.87. The molecule has 1 heterocycles. The van der Waals surface area contributed by atoms with Gasteiger partial charge in [-0.3, -0.25) is 4.90 Å². The summed E-state index contributed by atoms with van der Waals surface area (Å²) in [6.07, 6.45) is 0. The first-order chi connectivity index (χ1) is 13.7. The number of benzene rings is 2. The predicted molar refractivity (Wildman–Crippen MR) is 127 cm³/mol. The molecule has 1 aliphatic rings. The van der Waals surface area contributed by atoms with E-state index in [2.05, 4.69) is 41.4 Å². The molecule has 0 aromatic heterocycles. The summed E-state index contributed by atoms with van der Waals surface area (Å²) in [5.41, 5.74) is 3.40. The predicted octanol–water partition coefficient (Wildman–Crippen LogP) is 4.50. The van der Waals surface area contributed by atoms with Gasteiger partial charge in [-0.25, -0.2) is 0 Å². The number of halogens is 3. The van der Waals surface area contributed by atoms with E-state index in [0.29, 0.717) is 23.1 Å². The second-order valence-corrected chi connectivity index (χ2v) is 7.42. The number of ether oxygens (including phenoxy) is 3. The average Bonchev–Trinajstić information content (AvgIpc) is 2.72. The first-order valence-corrected chi connectivity index (χ1v) is 10.1. The van der Waals surface area contributed by atoms with Crippen molar-refractivity contribution < 1.29 is 14.2 Å². The van der Waals surface area contributed by atoms with Crippen LogP contribution in [0.1, 0.15) is 16.7 Å². The fraction of sp³-hybridized carbons (Fsp3) is 0.455. The topological polar surface area (TPSA) is 43.0 Å². The van der Waals surface area contributed by atoms with Crippen molar-refractivity contribution in [1.82, 2.24) is 10.2 Å². The van der Waals surface area contributed by atoms with Crippen molar-refractivity contribution in [2.24, 2.45) is 0 Å². The highest BCUT2D eigenvalue weighted by Crippen LogP contribution is 2.37. The van der Waals surface area contributed by atoms with Crippen molar-refractivity contribution in [3.63, 3.8) is 0 Å². The van der Waals surface area contributed by atoms with Crippen LogP contribution in [0.15, 0.2) is 36.4 Å². The lowest BCUT2D eigenvalue weighted by Gasteiger charge is -2.26. The van der Waals surface area contributed by atoms with Crippen molar-refractivity contribution >= 4 is 36.4 Å². The summed E-state index contributed by atoms with van der Waals surface area (Å²) in [7, 11) is 1.64. The molecule has 5 nitrogen and oxygen atoms in total. The molecule has 0 atom stereocenters. The fourth-order valence-corrected chi connectivity index (χ4v) is 3.44. The van der Waals surface area contributed by atoms with Crippen LogP contribution in [0.3, 0.4) is 0 Å². The molecule has 0 amide bonds. The molecule has 1 fully saturated rings. The van der Waals surface area contributed by atoms with E-state index in [-0.39, 0.29) is 24.8 Å². The molecular formula is C22H31Cl3N2O3. The third kappa shape index (κ3) is 8.14. The van der Waals surface area contributed by atoms with Gasteiger partial charge in [-0.15, -0.1) is 24.8 Å². The van der Waals surface area contributed by atoms with Gasteiger partial charge in [0.2, 0.25) is 0 Å². The van der Waals surface area contributed by atoms with E-state index >= 15 is 0 Å². The third-order valence-corrected chi connectivity index (χ3v) is 5.11. The number of nitrogens with one attached hydrogen (secondary N) is 1. The van der Waals surface area contributed by atoms with E-state index < -0.39 is 0 Å². The molecule has 0 unspecified atom stereocenters. The second kappa shape index (κ2) is 14.0. The van der Waals surface area contributed by atoms with E-state index in [1.807, 2.05) is 12.1 Å². The van der Waals surface area contributed by atoms with Crippen LogP contribution in [0.25, 0.3) is 0 Å². The maximum Gasteiger partial charge on any atom is 0.180 e. The molecule has 30 heavy (non-hydrogen) atoms. The maximum absolute atomic E-state index is 6.48. The number of morpholine rings is 1. The quantitative estimate of drug-likeness (QED) is 0.539. The van der Waals surface area contributed by atoms with Crippen molar-refractivity contribution in [2.75, 3.05) is 46.5 Å². The van der Waals surface area contributed by atoms with Crippen LogP contribution in [0.5, 0.6) is 11.5 Å². The van der Waals surface area contributed by atoms with Gasteiger partial charge < -0.3 is 19.5 Å². The van der Waals surface area contributed by atoms with E-state index in [9.17, 15) is 0 Å². The van der Waals surface area contributed by atoms with Gasteiger partial charge >= 0.3 is 0 Å². The minimum Gasteiger partial charge on any atom is -0.493 e. The minimum atomic E-state index is 0.